The van der Waals surface area contributed by atoms with Crippen LogP contribution in [0.3, 0.4) is 0 Å². The molecule has 1 atom stereocenters. The summed E-state index contributed by atoms with van der Waals surface area (Å²) in [6.45, 7) is 0.820. The molecule has 0 bridgehead atoms. The third-order valence-electron chi connectivity index (χ3n) is 3.83. The summed E-state index contributed by atoms with van der Waals surface area (Å²) < 4.78 is 13.8. The van der Waals surface area contributed by atoms with Crippen molar-refractivity contribution in [2.24, 2.45) is 0 Å². The Bertz CT molecular complexity index is 662. The number of nitrogens with zero attached hydrogens (tertiary/aromatic N) is 1. The second kappa shape index (κ2) is 6.67. The predicted octanol–water partition coefficient (Wildman–Crippen LogP) is 4.32. The van der Waals surface area contributed by atoms with Crippen LogP contribution in [0.1, 0.15) is 23.8 Å². The summed E-state index contributed by atoms with van der Waals surface area (Å²) >= 11 is 7.41. The molecule has 1 aromatic carbocycles. The van der Waals surface area contributed by atoms with Gasteiger partial charge in [0.1, 0.15) is 0 Å². The molecule has 0 spiro atoms. The summed E-state index contributed by atoms with van der Waals surface area (Å²) in [7, 11) is 0. The number of thiophene rings is 1. The van der Waals surface area contributed by atoms with Gasteiger partial charge in [0.2, 0.25) is 5.91 Å². The smallest absolute Gasteiger partial charge is 0.242 e. The molecule has 1 saturated heterocycles. The molecule has 1 aliphatic rings. The Morgan fingerprint density at radius 1 is 1.41 bits per heavy atom. The lowest BCUT2D eigenvalue weighted by molar-refractivity contribution is -0.130. The number of rotatable bonds is 4. The Morgan fingerprint density at radius 3 is 3.05 bits per heavy atom. The molecule has 3 rings (SSSR count). The van der Waals surface area contributed by atoms with Gasteiger partial charge in [-0.05, 0) is 36.4 Å². The summed E-state index contributed by atoms with van der Waals surface area (Å²) in [5, 5.41) is 4.92. The van der Waals surface area contributed by atoms with Gasteiger partial charge in [-0.3, -0.25) is 4.79 Å². The van der Waals surface area contributed by atoms with Crippen LogP contribution < -0.4 is 5.32 Å². The van der Waals surface area contributed by atoms with Gasteiger partial charge in [0.25, 0.3) is 0 Å². The lowest BCUT2D eigenvalue weighted by Gasteiger charge is -2.24. The number of amides is 1. The molecule has 1 amide bonds. The maximum absolute atomic E-state index is 13.8. The number of benzene rings is 1. The third-order valence-corrected chi connectivity index (χ3v) is 5.09. The van der Waals surface area contributed by atoms with Crippen LogP contribution in [0, 0.1) is 5.82 Å². The van der Waals surface area contributed by atoms with Gasteiger partial charge in [-0.1, -0.05) is 23.7 Å². The van der Waals surface area contributed by atoms with Gasteiger partial charge in [-0.2, -0.15) is 0 Å². The Morgan fingerprint density at radius 2 is 2.27 bits per heavy atom. The van der Waals surface area contributed by atoms with E-state index in [2.05, 4.69) is 11.4 Å². The van der Waals surface area contributed by atoms with E-state index in [1.807, 2.05) is 16.3 Å². The molecule has 0 radical (unpaired) electrons. The van der Waals surface area contributed by atoms with E-state index in [4.69, 9.17) is 11.6 Å². The molecule has 0 aliphatic carbocycles. The van der Waals surface area contributed by atoms with Crippen LogP contribution in [0.15, 0.2) is 35.7 Å². The summed E-state index contributed by atoms with van der Waals surface area (Å²) in [4.78, 5) is 15.5. The van der Waals surface area contributed by atoms with Crippen molar-refractivity contribution in [3.05, 3.63) is 51.4 Å². The van der Waals surface area contributed by atoms with Gasteiger partial charge in [0, 0.05) is 11.4 Å². The second-order valence-electron chi connectivity index (χ2n) is 5.22. The van der Waals surface area contributed by atoms with Crippen LogP contribution >= 0.6 is 22.9 Å². The Balaban J connectivity index is 1.65. The van der Waals surface area contributed by atoms with Crippen molar-refractivity contribution in [2.75, 3.05) is 18.4 Å². The van der Waals surface area contributed by atoms with E-state index in [0.29, 0.717) is 0 Å². The molecule has 1 fully saturated rings. The first-order valence-corrected chi connectivity index (χ1v) is 8.43. The molecule has 1 N–H and O–H groups in total. The van der Waals surface area contributed by atoms with Crippen LogP contribution in [0.25, 0.3) is 0 Å². The van der Waals surface area contributed by atoms with Gasteiger partial charge < -0.3 is 10.2 Å². The number of hydrogen-bond donors (Lipinski definition) is 1. The molecule has 2 aromatic rings. The first-order valence-electron chi connectivity index (χ1n) is 7.17. The van der Waals surface area contributed by atoms with Crippen LogP contribution in [-0.4, -0.2) is 23.9 Å². The predicted molar refractivity (Wildman–Crippen MR) is 87.9 cm³/mol. The van der Waals surface area contributed by atoms with Crippen molar-refractivity contribution < 1.29 is 9.18 Å². The Kier molecular flexibility index (Phi) is 4.64. The summed E-state index contributed by atoms with van der Waals surface area (Å²) in [5.41, 5.74) is 0.257. The van der Waals surface area contributed by atoms with Gasteiger partial charge in [-0.25, -0.2) is 4.39 Å². The van der Waals surface area contributed by atoms with E-state index < -0.39 is 5.82 Å². The highest BCUT2D eigenvalue weighted by molar-refractivity contribution is 7.10. The van der Waals surface area contributed by atoms with Crippen LogP contribution in [0.4, 0.5) is 10.1 Å². The maximum atomic E-state index is 13.8. The van der Waals surface area contributed by atoms with Crippen LogP contribution in [0.2, 0.25) is 5.02 Å². The fraction of sp³-hybridized carbons (Fsp3) is 0.312. The van der Waals surface area contributed by atoms with E-state index in [-0.39, 0.29) is 29.2 Å². The van der Waals surface area contributed by atoms with Crippen molar-refractivity contribution in [3.63, 3.8) is 0 Å². The SMILES string of the molecule is O=C(CNc1cccc(Cl)c1F)N1CCC[C@H]1c1cccs1. The van der Waals surface area contributed by atoms with Gasteiger partial charge in [0.05, 0.1) is 23.3 Å². The fourth-order valence-electron chi connectivity index (χ4n) is 2.75. The molecule has 22 heavy (non-hydrogen) atoms. The minimum atomic E-state index is -0.520. The quantitative estimate of drug-likeness (QED) is 0.900. The largest absolute Gasteiger partial charge is 0.374 e. The molecule has 0 saturated carbocycles. The third kappa shape index (κ3) is 3.10. The van der Waals surface area contributed by atoms with E-state index in [0.717, 1.165) is 19.4 Å². The summed E-state index contributed by atoms with van der Waals surface area (Å²) in [5.74, 6) is -0.538. The first kappa shape index (κ1) is 15.3. The Labute approximate surface area is 137 Å². The van der Waals surface area contributed by atoms with Crippen molar-refractivity contribution in [1.29, 1.82) is 0 Å². The minimum Gasteiger partial charge on any atom is -0.374 e. The van der Waals surface area contributed by atoms with E-state index in [9.17, 15) is 9.18 Å². The molecule has 116 valence electrons. The van der Waals surface area contributed by atoms with Crippen molar-refractivity contribution in [3.8, 4) is 0 Å². The van der Waals surface area contributed by atoms with E-state index in [1.54, 1.807) is 23.5 Å². The number of halogens is 2. The summed E-state index contributed by atoms with van der Waals surface area (Å²) in [6.07, 6.45) is 1.98. The fourth-order valence-corrected chi connectivity index (χ4v) is 3.80. The minimum absolute atomic E-state index is 0.0183. The number of nitrogens with one attached hydrogen (secondary N) is 1. The van der Waals surface area contributed by atoms with Gasteiger partial charge in [0.15, 0.2) is 5.82 Å². The number of hydrogen-bond acceptors (Lipinski definition) is 3. The average molecular weight is 339 g/mol. The molecule has 1 aromatic heterocycles. The molecular weight excluding hydrogens is 323 g/mol. The molecule has 2 heterocycles. The van der Waals surface area contributed by atoms with Gasteiger partial charge >= 0.3 is 0 Å². The highest BCUT2D eigenvalue weighted by atomic mass is 35.5. The normalized spacial score (nSPS) is 17.7. The maximum Gasteiger partial charge on any atom is 0.242 e. The number of carbonyl (C=O) groups is 1. The Hall–Kier alpha value is -1.59. The number of likely N-dealkylation sites (tertiary alicyclic amines) is 1. The van der Waals surface area contributed by atoms with Crippen molar-refractivity contribution in [1.82, 2.24) is 4.90 Å². The van der Waals surface area contributed by atoms with Crippen molar-refractivity contribution in [2.45, 2.75) is 18.9 Å². The van der Waals surface area contributed by atoms with E-state index in [1.165, 1.54) is 10.9 Å². The number of anilines is 1. The lowest BCUT2D eigenvalue weighted by Crippen LogP contribution is -2.35. The topological polar surface area (TPSA) is 32.3 Å². The summed E-state index contributed by atoms with van der Waals surface area (Å²) in [6, 6.07) is 8.93. The average Bonchev–Trinajstić information content (AvgIpc) is 3.18. The zero-order chi connectivity index (χ0) is 15.5. The number of carbonyl (C=O) groups excluding carboxylic acids is 1. The monoisotopic (exact) mass is 338 g/mol. The molecule has 0 unspecified atom stereocenters. The molecular formula is C16H16ClFN2OS. The highest BCUT2D eigenvalue weighted by Crippen LogP contribution is 2.34. The first-order chi connectivity index (χ1) is 10.7. The zero-order valence-corrected chi connectivity index (χ0v) is 13.5. The highest BCUT2D eigenvalue weighted by Gasteiger charge is 2.30. The van der Waals surface area contributed by atoms with Crippen molar-refractivity contribution >= 4 is 34.5 Å². The second-order valence-corrected chi connectivity index (χ2v) is 6.60. The van der Waals surface area contributed by atoms with E-state index >= 15 is 0 Å². The lowest BCUT2D eigenvalue weighted by atomic mass is 10.2. The molecule has 1 aliphatic heterocycles. The zero-order valence-electron chi connectivity index (χ0n) is 11.9. The van der Waals surface area contributed by atoms with Crippen LogP contribution in [0.5, 0.6) is 0 Å². The van der Waals surface area contributed by atoms with Crippen LogP contribution in [-0.2, 0) is 4.79 Å². The van der Waals surface area contributed by atoms with Gasteiger partial charge in [-0.15, -0.1) is 11.3 Å². The molecule has 6 heteroatoms. The molecule has 3 nitrogen and oxygen atoms in total. The standard InChI is InChI=1S/C16H16ClFN2OS/c17-11-4-1-5-12(16(11)18)19-10-15(21)20-8-2-6-13(20)14-7-3-9-22-14/h1,3-5,7,9,13,19H,2,6,8,10H2/t13-/m0/s1.